The normalized spacial score (nSPS) is 13.3. The summed E-state index contributed by atoms with van der Waals surface area (Å²) in [6, 6.07) is 0. The Balaban J connectivity index is 1.71. The van der Waals surface area contributed by atoms with Crippen LogP contribution in [-0.4, -0.2) is 28.3 Å². The van der Waals surface area contributed by atoms with Crippen molar-refractivity contribution < 1.29 is 14.3 Å². The lowest BCUT2D eigenvalue weighted by molar-refractivity contribution is -0.116. The molecule has 3 rings (SSSR count). The predicted molar refractivity (Wildman–Crippen MR) is 109 cm³/mol. The van der Waals surface area contributed by atoms with E-state index in [9.17, 15) is 9.59 Å². The zero-order valence-electron chi connectivity index (χ0n) is 15.6. The van der Waals surface area contributed by atoms with Gasteiger partial charge in [-0.15, -0.1) is 11.3 Å². The molecule has 0 unspecified atom stereocenters. The van der Waals surface area contributed by atoms with E-state index in [1.54, 1.807) is 4.68 Å². The number of carbonyl (C=O) groups is 2. The number of hydrogen-bond acceptors (Lipinski definition) is 5. The van der Waals surface area contributed by atoms with Crippen LogP contribution in [0.25, 0.3) is 0 Å². The largest absolute Gasteiger partial charge is 0.462 e. The van der Waals surface area contributed by atoms with Crippen LogP contribution in [0, 0.1) is 6.92 Å². The van der Waals surface area contributed by atoms with Crippen LogP contribution >= 0.6 is 27.3 Å². The summed E-state index contributed by atoms with van der Waals surface area (Å²) in [4.78, 5) is 26.2. The molecule has 1 aliphatic carbocycles. The Bertz CT molecular complexity index is 824. The summed E-state index contributed by atoms with van der Waals surface area (Å²) in [6.07, 6.45) is 6.96. The molecule has 1 N–H and O–H groups in total. The molecule has 8 heteroatoms. The van der Waals surface area contributed by atoms with E-state index in [4.69, 9.17) is 4.74 Å². The molecule has 27 heavy (non-hydrogen) atoms. The average Bonchev–Trinajstić information content (AvgIpc) is 3.17. The third-order valence-corrected chi connectivity index (χ3v) is 6.51. The fourth-order valence-electron chi connectivity index (χ4n) is 3.15. The number of thiophene rings is 1. The summed E-state index contributed by atoms with van der Waals surface area (Å²) in [5.41, 5.74) is 2.52. The molecule has 146 valence electrons. The summed E-state index contributed by atoms with van der Waals surface area (Å²) in [5.74, 6) is -0.444. The van der Waals surface area contributed by atoms with E-state index in [2.05, 4.69) is 26.3 Å². The summed E-state index contributed by atoms with van der Waals surface area (Å²) in [5, 5.41) is 7.91. The van der Waals surface area contributed by atoms with E-state index in [1.165, 1.54) is 16.2 Å². The molecule has 0 aliphatic heterocycles. The number of fused-ring (bicyclic) bond motifs is 1. The number of nitrogens with one attached hydrogen (secondary N) is 1. The van der Waals surface area contributed by atoms with Gasteiger partial charge in [0.25, 0.3) is 0 Å². The van der Waals surface area contributed by atoms with E-state index < -0.39 is 0 Å². The van der Waals surface area contributed by atoms with Gasteiger partial charge in [-0.3, -0.25) is 9.48 Å². The van der Waals surface area contributed by atoms with Gasteiger partial charge in [-0.25, -0.2) is 4.79 Å². The highest BCUT2D eigenvalue weighted by molar-refractivity contribution is 9.10. The van der Waals surface area contributed by atoms with Gasteiger partial charge in [0.15, 0.2) is 0 Å². The lowest BCUT2D eigenvalue weighted by Crippen LogP contribution is -2.17. The zero-order valence-corrected chi connectivity index (χ0v) is 18.0. The van der Waals surface area contributed by atoms with Crippen molar-refractivity contribution in [2.75, 3.05) is 11.9 Å². The molecule has 0 saturated carbocycles. The molecule has 2 heterocycles. The topological polar surface area (TPSA) is 73.2 Å². The highest BCUT2D eigenvalue weighted by atomic mass is 79.9. The maximum Gasteiger partial charge on any atom is 0.341 e. The first-order chi connectivity index (χ1) is 13.0. The van der Waals surface area contributed by atoms with Crippen LogP contribution in [0.1, 0.15) is 59.1 Å². The van der Waals surface area contributed by atoms with Crippen LogP contribution in [0.15, 0.2) is 10.7 Å². The number of aryl methyl sites for hydroxylation is 3. The molecule has 0 aromatic carbocycles. The number of aromatic nitrogens is 2. The van der Waals surface area contributed by atoms with Gasteiger partial charge in [0.05, 0.1) is 22.3 Å². The van der Waals surface area contributed by atoms with Crippen molar-refractivity contribution in [3.8, 4) is 0 Å². The molecule has 2 aromatic heterocycles. The molecule has 2 aromatic rings. The Morgan fingerprint density at radius 3 is 2.85 bits per heavy atom. The van der Waals surface area contributed by atoms with Crippen molar-refractivity contribution >= 4 is 44.1 Å². The summed E-state index contributed by atoms with van der Waals surface area (Å²) >= 11 is 4.94. The van der Waals surface area contributed by atoms with Crippen LogP contribution in [-0.2, 0) is 28.9 Å². The maximum atomic E-state index is 12.6. The molecule has 1 aliphatic rings. The molecule has 0 radical (unpaired) electrons. The zero-order chi connectivity index (χ0) is 19.4. The second-order valence-electron chi connectivity index (χ2n) is 6.67. The highest BCUT2D eigenvalue weighted by Crippen LogP contribution is 2.38. The fourth-order valence-corrected chi connectivity index (χ4v) is 4.76. The fraction of sp³-hybridized carbons (Fsp3) is 0.526. The first-order valence-electron chi connectivity index (χ1n) is 9.30. The van der Waals surface area contributed by atoms with Crippen LogP contribution in [0.5, 0.6) is 0 Å². The average molecular weight is 454 g/mol. The first-order valence-corrected chi connectivity index (χ1v) is 10.9. The number of ether oxygens (including phenoxy) is 1. The van der Waals surface area contributed by atoms with Gasteiger partial charge in [-0.2, -0.15) is 5.10 Å². The Labute approximate surface area is 171 Å². The van der Waals surface area contributed by atoms with E-state index >= 15 is 0 Å². The second kappa shape index (κ2) is 9.01. The van der Waals surface area contributed by atoms with Crippen LogP contribution in [0.3, 0.4) is 0 Å². The SMILES string of the molecule is CCCOC(=O)c1c(NC(=O)CCn2cc(Br)c(C)n2)sc2c1CCCC2. The maximum absolute atomic E-state index is 12.6. The van der Waals surface area contributed by atoms with Crippen molar-refractivity contribution in [1.82, 2.24) is 9.78 Å². The van der Waals surface area contributed by atoms with Crippen LogP contribution in [0.2, 0.25) is 0 Å². The van der Waals surface area contributed by atoms with E-state index in [-0.39, 0.29) is 11.9 Å². The highest BCUT2D eigenvalue weighted by Gasteiger charge is 2.27. The molecular formula is C19H24BrN3O3S. The molecule has 1 amide bonds. The summed E-state index contributed by atoms with van der Waals surface area (Å²) in [6.45, 7) is 4.75. The van der Waals surface area contributed by atoms with Crippen molar-refractivity contribution in [2.45, 2.75) is 58.9 Å². The molecule has 0 fully saturated rings. The Morgan fingerprint density at radius 2 is 2.15 bits per heavy atom. The van der Waals surface area contributed by atoms with Gasteiger partial charge in [0, 0.05) is 24.0 Å². The van der Waals surface area contributed by atoms with Crippen molar-refractivity contribution in [2.24, 2.45) is 0 Å². The van der Waals surface area contributed by atoms with Crippen molar-refractivity contribution in [3.05, 3.63) is 32.4 Å². The van der Waals surface area contributed by atoms with Gasteiger partial charge in [-0.05, 0) is 60.5 Å². The number of carbonyl (C=O) groups excluding carboxylic acids is 2. The van der Waals surface area contributed by atoms with Gasteiger partial charge < -0.3 is 10.1 Å². The molecule has 6 nitrogen and oxygen atoms in total. The van der Waals surface area contributed by atoms with Gasteiger partial charge >= 0.3 is 5.97 Å². The van der Waals surface area contributed by atoms with E-state index in [0.717, 1.165) is 47.8 Å². The predicted octanol–water partition coefficient (Wildman–Crippen LogP) is 4.49. The number of anilines is 1. The second-order valence-corrected chi connectivity index (χ2v) is 8.63. The lowest BCUT2D eigenvalue weighted by Gasteiger charge is -2.12. The monoisotopic (exact) mass is 453 g/mol. The van der Waals surface area contributed by atoms with Crippen molar-refractivity contribution in [1.29, 1.82) is 0 Å². The third-order valence-electron chi connectivity index (χ3n) is 4.52. The minimum absolute atomic E-state index is 0.123. The standard InChI is InChI=1S/C19H24BrN3O3S/c1-3-10-26-19(25)17-13-6-4-5-7-15(13)27-18(17)21-16(24)8-9-23-11-14(20)12(2)22-23/h11H,3-10H2,1-2H3,(H,21,24). The number of esters is 1. The molecular weight excluding hydrogens is 430 g/mol. The number of rotatable bonds is 7. The quantitative estimate of drug-likeness (QED) is 0.626. The lowest BCUT2D eigenvalue weighted by atomic mass is 9.95. The Kier molecular flexibility index (Phi) is 6.70. The van der Waals surface area contributed by atoms with Gasteiger partial charge in [-0.1, -0.05) is 6.92 Å². The van der Waals surface area contributed by atoms with E-state index in [0.29, 0.717) is 30.1 Å². The van der Waals surface area contributed by atoms with Crippen LogP contribution < -0.4 is 5.32 Å². The molecule has 0 saturated heterocycles. The van der Waals surface area contributed by atoms with E-state index in [1.807, 2.05) is 20.0 Å². The molecule has 0 spiro atoms. The number of nitrogens with zero attached hydrogens (tertiary/aromatic N) is 2. The first kappa shape index (κ1) is 20.1. The van der Waals surface area contributed by atoms with Crippen LogP contribution in [0.4, 0.5) is 5.00 Å². The van der Waals surface area contributed by atoms with Gasteiger partial charge in [0.2, 0.25) is 5.91 Å². The Hall–Kier alpha value is -1.67. The summed E-state index contributed by atoms with van der Waals surface area (Å²) < 4.78 is 8.04. The molecule has 0 bridgehead atoms. The number of halogens is 1. The molecule has 0 atom stereocenters. The number of amides is 1. The minimum atomic E-state index is -0.321. The Morgan fingerprint density at radius 1 is 1.37 bits per heavy atom. The number of hydrogen-bond donors (Lipinski definition) is 1. The smallest absolute Gasteiger partial charge is 0.341 e. The summed E-state index contributed by atoms with van der Waals surface area (Å²) in [7, 11) is 0. The minimum Gasteiger partial charge on any atom is -0.462 e. The third kappa shape index (κ3) is 4.79. The van der Waals surface area contributed by atoms with Crippen molar-refractivity contribution in [3.63, 3.8) is 0 Å². The van der Waals surface area contributed by atoms with Gasteiger partial charge in [0.1, 0.15) is 5.00 Å².